The van der Waals surface area contributed by atoms with E-state index in [-0.39, 0.29) is 17.2 Å². The second-order valence-corrected chi connectivity index (χ2v) is 7.44. The molecule has 1 saturated heterocycles. The highest BCUT2D eigenvalue weighted by Crippen LogP contribution is 2.43. The molecule has 2 aliphatic rings. The number of hydrogen-bond donors (Lipinski definition) is 0. The molecule has 9 heteroatoms. The van der Waals surface area contributed by atoms with Gasteiger partial charge in [-0.15, -0.1) is 13.2 Å². The molecule has 1 spiro atoms. The molecule has 3 aromatic rings. The fourth-order valence-corrected chi connectivity index (χ4v) is 3.88. The Morgan fingerprint density at radius 2 is 1.77 bits per heavy atom. The largest absolute Gasteiger partial charge is 0.573 e. The third kappa shape index (κ3) is 3.61. The smallest absolute Gasteiger partial charge is 0.406 e. The Labute approximate surface area is 175 Å². The van der Waals surface area contributed by atoms with Gasteiger partial charge in [-0.25, -0.2) is 9.97 Å². The van der Waals surface area contributed by atoms with E-state index in [0.717, 1.165) is 29.0 Å². The molecule has 0 aliphatic carbocycles. The molecule has 158 valence electrons. The number of carbonyl (C=O) groups is 1. The predicted octanol–water partition coefficient (Wildman–Crippen LogP) is 3.92. The summed E-state index contributed by atoms with van der Waals surface area (Å²) in [4.78, 5) is 23.4. The lowest BCUT2D eigenvalue weighted by Gasteiger charge is -2.47. The summed E-state index contributed by atoms with van der Waals surface area (Å²) < 4.78 is 46.7. The van der Waals surface area contributed by atoms with Crippen molar-refractivity contribution in [3.8, 4) is 17.1 Å². The molecule has 0 saturated carbocycles. The minimum absolute atomic E-state index is 0.276. The monoisotopic (exact) mass is 427 g/mol. The van der Waals surface area contributed by atoms with Crippen molar-refractivity contribution in [2.24, 2.45) is 0 Å². The van der Waals surface area contributed by atoms with Gasteiger partial charge in [0.15, 0.2) is 5.82 Å². The number of halogens is 3. The van der Waals surface area contributed by atoms with E-state index >= 15 is 0 Å². The average molecular weight is 427 g/mol. The quantitative estimate of drug-likeness (QED) is 0.634. The van der Waals surface area contributed by atoms with Gasteiger partial charge in [0.05, 0.1) is 25.4 Å². The van der Waals surface area contributed by atoms with E-state index < -0.39 is 12.0 Å². The number of nitrogens with zero attached hydrogens (tertiary/aromatic N) is 3. The summed E-state index contributed by atoms with van der Waals surface area (Å²) in [7, 11) is 0. The molecule has 5 rings (SSSR count). The molecule has 0 N–H and O–H groups in total. The molecule has 1 aromatic heterocycles. The standard InChI is InChI=1S/C22H16F3N3O3/c23-22(24,25)31-16-8-6-15(7-9-16)20(29)28-12-21(13-28)17-10-26-19(27-18(17)11-30-21)14-4-2-1-3-5-14/h1-10H,11-13H2. The van der Waals surface area contributed by atoms with Crippen LogP contribution in [0.15, 0.2) is 60.8 Å². The van der Waals surface area contributed by atoms with Gasteiger partial charge in [0.25, 0.3) is 5.91 Å². The van der Waals surface area contributed by atoms with Crippen LogP contribution in [0.25, 0.3) is 11.4 Å². The fourth-order valence-electron chi connectivity index (χ4n) is 3.88. The molecule has 0 atom stereocenters. The van der Waals surface area contributed by atoms with Crippen LogP contribution in [0, 0.1) is 0 Å². The average Bonchev–Trinajstić information content (AvgIpc) is 3.11. The van der Waals surface area contributed by atoms with Crippen molar-refractivity contribution in [2.75, 3.05) is 13.1 Å². The maximum Gasteiger partial charge on any atom is 0.573 e. The zero-order valence-corrected chi connectivity index (χ0v) is 16.1. The van der Waals surface area contributed by atoms with Crippen LogP contribution in [0.1, 0.15) is 21.6 Å². The number of ether oxygens (including phenoxy) is 2. The van der Waals surface area contributed by atoms with Crippen molar-refractivity contribution in [3.05, 3.63) is 77.6 Å². The SMILES string of the molecule is O=C(c1ccc(OC(F)(F)F)cc1)N1CC2(C1)OCc1nc(-c3ccccc3)ncc12. The number of alkyl halides is 3. The number of amides is 1. The zero-order valence-electron chi connectivity index (χ0n) is 16.1. The van der Waals surface area contributed by atoms with E-state index in [0.29, 0.717) is 25.5 Å². The van der Waals surface area contributed by atoms with E-state index in [9.17, 15) is 18.0 Å². The number of rotatable bonds is 3. The number of aromatic nitrogens is 2. The Balaban J connectivity index is 1.28. The van der Waals surface area contributed by atoms with Crippen LogP contribution in [0.5, 0.6) is 5.75 Å². The minimum Gasteiger partial charge on any atom is -0.406 e. The maximum absolute atomic E-state index is 12.7. The summed E-state index contributed by atoms with van der Waals surface area (Å²) in [5, 5.41) is 0. The molecular formula is C22H16F3N3O3. The second kappa shape index (κ2) is 7.05. The third-order valence-corrected chi connectivity index (χ3v) is 5.39. The van der Waals surface area contributed by atoms with E-state index in [1.165, 1.54) is 12.1 Å². The van der Waals surface area contributed by atoms with E-state index in [1.54, 1.807) is 11.1 Å². The number of likely N-dealkylation sites (tertiary alicyclic amines) is 1. The Morgan fingerprint density at radius 1 is 1.06 bits per heavy atom. The van der Waals surface area contributed by atoms with Crippen molar-refractivity contribution < 1.29 is 27.4 Å². The van der Waals surface area contributed by atoms with E-state index in [4.69, 9.17) is 4.74 Å². The molecule has 1 fully saturated rings. The molecule has 1 amide bonds. The molecule has 0 radical (unpaired) electrons. The van der Waals surface area contributed by atoms with Crippen LogP contribution in [0.2, 0.25) is 0 Å². The van der Waals surface area contributed by atoms with Crippen LogP contribution in [0.3, 0.4) is 0 Å². The lowest BCUT2D eigenvalue weighted by Crippen LogP contribution is -2.61. The van der Waals surface area contributed by atoms with E-state index in [1.807, 2.05) is 30.3 Å². The first-order valence-corrected chi connectivity index (χ1v) is 9.54. The van der Waals surface area contributed by atoms with Gasteiger partial charge in [-0.1, -0.05) is 30.3 Å². The van der Waals surface area contributed by atoms with Crippen LogP contribution >= 0.6 is 0 Å². The first-order valence-electron chi connectivity index (χ1n) is 9.54. The number of carbonyl (C=O) groups excluding carboxylic acids is 1. The van der Waals surface area contributed by atoms with Crippen LogP contribution in [0.4, 0.5) is 13.2 Å². The third-order valence-electron chi connectivity index (χ3n) is 5.39. The first kappa shape index (κ1) is 19.5. The highest BCUT2D eigenvalue weighted by atomic mass is 19.4. The molecule has 0 bridgehead atoms. The molecule has 2 aliphatic heterocycles. The van der Waals surface area contributed by atoms with Gasteiger partial charge < -0.3 is 14.4 Å². The van der Waals surface area contributed by atoms with Crippen LogP contribution in [-0.4, -0.2) is 40.2 Å². The summed E-state index contributed by atoms with van der Waals surface area (Å²) in [6, 6.07) is 14.5. The van der Waals surface area contributed by atoms with Gasteiger partial charge in [0.2, 0.25) is 0 Å². The Morgan fingerprint density at radius 3 is 2.45 bits per heavy atom. The summed E-state index contributed by atoms with van der Waals surface area (Å²) >= 11 is 0. The Bertz CT molecular complexity index is 1130. The Kier molecular flexibility index (Phi) is 4.44. The lowest BCUT2D eigenvalue weighted by molar-refractivity contribution is -0.274. The molecule has 31 heavy (non-hydrogen) atoms. The fraction of sp³-hybridized carbons (Fsp3) is 0.227. The first-order chi connectivity index (χ1) is 14.8. The van der Waals surface area contributed by atoms with Crippen molar-refractivity contribution in [3.63, 3.8) is 0 Å². The van der Waals surface area contributed by atoms with Gasteiger partial charge in [0, 0.05) is 22.9 Å². The maximum atomic E-state index is 12.7. The van der Waals surface area contributed by atoms with Gasteiger partial charge in [0.1, 0.15) is 11.4 Å². The normalized spacial score (nSPS) is 16.7. The predicted molar refractivity (Wildman–Crippen MR) is 103 cm³/mol. The topological polar surface area (TPSA) is 64.5 Å². The van der Waals surface area contributed by atoms with Gasteiger partial charge in [-0.2, -0.15) is 0 Å². The number of fused-ring (bicyclic) bond motifs is 2. The van der Waals surface area contributed by atoms with E-state index in [2.05, 4.69) is 14.7 Å². The molecular weight excluding hydrogens is 411 g/mol. The van der Waals surface area contributed by atoms with Crippen LogP contribution in [-0.2, 0) is 16.9 Å². The summed E-state index contributed by atoms with van der Waals surface area (Å²) in [5.41, 5.74) is 2.21. The highest BCUT2D eigenvalue weighted by Gasteiger charge is 2.52. The van der Waals surface area contributed by atoms with Gasteiger partial charge in [-0.3, -0.25) is 4.79 Å². The van der Waals surface area contributed by atoms with Crippen LogP contribution < -0.4 is 4.74 Å². The van der Waals surface area contributed by atoms with Gasteiger partial charge >= 0.3 is 6.36 Å². The van der Waals surface area contributed by atoms with Crippen molar-refractivity contribution in [2.45, 2.75) is 18.6 Å². The summed E-state index contributed by atoms with van der Waals surface area (Å²) in [6.07, 6.45) is -3.02. The summed E-state index contributed by atoms with van der Waals surface area (Å²) in [5.74, 6) is -0.0416. The number of benzene rings is 2. The molecule has 6 nitrogen and oxygen atoms in total. The highest BCUT2D eigenvalue weighted by molar-refractivity contribution is 5.95. The molecule has 0 unspecified atom stereocenters. The zero-order chi connectivity index (χ0) is 21.6. The lowest BCUT2D eigenvalue weighted by atomic mass is 9.87. The summed E-state index contributed by atoms with van der Waals surface area (Å²) in [6.45, 7) is 0.991. The van der Waals surface area contributed by atoms with Crippen molar-refractivity contribution >= 4 is 5.91 Å². The van der Waals surface area contributed by atoms with Crippen molar-refractivity contribution in [1.29, 1.82) is 0 Å². The number of hydrogen-bond acceptors (Lipinski definition) is 5. The van der Waals surface area contributed by atoms with Gasteiger partial charge in [-0.05, 0) is 24.3 Å². The van der Waals surface area contributed by atoms with Crippen molar-refractivity contribution in [1.82, 2.24) is 14.9 Å². The Hall–Kier alpha value is -3.46. The second-order valence-electron chi connectivity index (χ2n) is 7.44. The minimum atomic E-state index is -4.77. The molecule has 3 heterocycles. The molecule has 2 aromatic carbocycles.